The van der Waals surface area contributed by atoms with E-state index in [1.165, 1.54) is 5.56 Å². The van der Waals surface area contributed by atoms with Crippen LogP contribution in [0.1, 0.15) is 42.7 Å². The van der Waals surface area contributed by atoms with Crippen molar-refractivity contribution in [3.63, 3.8) is 0 Å². The Bertz CT molecular complexity index is 585. The molecule has 1 aliphatic carbocycles. The highest BCUT2D eigenvalue weighted by Gasteiger charge is 2.42. The van der Waals surface area contributed by atoms with Crippen molar-refractivity contribution in [2.24, 2.45) is 0 Å². The summed E-state index contributed by atoms with van der Waals surface area (Å²) in [7, 11) is 0. The first-order chi connectivity index (χ1) is 9.72. The van der Waals surface area contributed by atoms with Crippen LogP contribution < -0.4 is 5.73 Å². The monoisotopic (exact) mass is 268 g/mol. The number of pyridine rings is 1. The zero-order valence-electron chi connectivity index (χ0n) is 11.5. The summed E-state index contributed by atoms with van der Waals surface area (Å²) in [6, 6.07) is 14.0. The fourth-order valence-corrected chi connectivity index (χ4v) is 3.39. The number of nitrogens with zero attached hydrogens (tertiary/aromatic N) is 1. The van der Waals surface area contributed by atoms with E-state index >= 15 is 0 Å². The highest BCUT2D eigenvalue weighted by Crippen LogP contribution is 2.48. The second-order valence-corrected chi connectivity index (χ2v) is 5.57. The molecule has 2 unspecified atom stereocenters. The summed E-state index contributed by atoms with van der Waals surface area (Å²) in [5, 5.41) is 11.3. The molecule has 1 saturated carbocycles. The standard InChI is InChI=1S/C17H20N2O/c18-16-15(10-6-12-19-16)17(20)11-5-4-9-14(17)13-7-2-1-3-8-13/h1-3,6-8,10,12,14,20H,4-5,9,11H2,(H2,18,19). The molecule has 0 bridgehead atoms. The van der Waals surface area contributed by atoms with Crippen LogP contribution in [0.15, 0.2) is 48.7 Å². The molecule has 1 aliphatic rings. The van der Waals surface area contributed by atoms with Gasteiger partial charge in [0.05, 0.1) is 5.60 Å². The van der Waals surface area contributed by atoms with Gasteiger partial charge in [-0.2, -0.15) is 0 Å². The summed E-state index contributed by atoms with van der Waals surface area (Å²) in [6.45, 7) is 0. The average molecular weight is 268 g/mol. The molecule has 3 N–H and O–H groups in total. The molecule has 1 aromatic carbocycles. The largest absolute Gasteiger partial charge is 0.384 e. The van der Waals surface area contributed by atoms with Gasteiger partial charge < -0.3 is 10.8 Å². The molecule has 0 saturated heterocycles. The normalized spacial score (nSPS) is 26.4. The lowest BCUT2D eigenvalue weighted by atomic mass is 9.69. The van der Waals surface area contributed by atoms with Crippen LogP contribution in [0.2, 0.25) is 0 Å². The van der Waals surface area contributed by atoms with Crippen molar-refractivity contribution < 1.29 is 5.11 Å². The van der Waals surface area contributed by atoms with Gasteiger partial charge in [-0.15, -0.1) is 0 Å². The van der Waals surface area contributed by atoms with Crippen molar-refractivity contribution in [1.82, 2.24) is 4.98 Å². The van der Waals surface area contributed by atoms with E-state index in [0.717, 1.165) is 31.2 Å². The summed E-state index contributed by atoms with van der Waals surface area (Å²) in [5.41, 5.74) is 7.05. The smallest absolute Gasteiger partial charge is 0.129 e. The Hall–Kier alpha value is -1.87. The average Bonchev–Trinajstić information content (AvgIpc) is 2.49. The van der Waals surface area contributed by atoms with Gasteiger partial charge in [0.2, 0.25) is 0 Å². The number of benzene rings is 1. The van der Waals surface area contributed by atoms with Crippen LogP contribution in [0.5, 0.6) is 0 Å². The molecule has 0 radical (unpaired) electrons. The summed E-state index contributed by atoms with van der Waals surface area (Å²) < 4.78 is 0. The van der Waals surface area contributed by atoms with Gasteiger partial charge in [0.1, 0.15) is 5.82 Å². The highest BCUT2D eigenvalue weighted by molar-refractivity contribution is 5.45. The first-order valence-electron chi connectivity index (χ1n) is 7.20. The predicted octanol–water partition coefficient (Wildman–Crippen LogP) is 3.21. The third-order valence-corrected chi connectivity index (χ3v) is 4.38. The van der Waals surface area contributed by atoms with Crippen LogP contribution in [0.4, 0.5) is 5.82 Å². The van der Waals surface area contributed by atoms with Crippen molar-refractivity contribution in [2.45, 2.75) is 37.2 Å². The Morgan fingerprint density at radius 1 is 1.10 bits per heavy atom. The van der Waals surface area contributed by atoms with Crippen molar-refractivity contribution in [3.8, 4) is 0 Å². The van der Waals surface area contributed by atoms with E-state index in [1.807, 2.05) is 30.3 Å². The summed E-state index contributed by atoms with van der Waals surface area (Å²) in [4.78, 5) is 4.15. The maximum absolute atomic E-state index is 11.3. The molecule has 0 amide bonds. The van der Waals surface area contributed by atoms with E-state index in [-0.39, 0.29) is 5.92 Å². The van der Waals surface area contributed by atoms with E-state index in [9.17, 15) is 5.11 Å². The third kappa shape index (κ3) is 2.18. The predicted molar refractivity (Wildman–Crippen MR) is 80.2 cm³/mol. The molecular formula is C17H20N2O. The Balaban J connectivity index is 2.06. The lowest BCUT2D eigenvalue weighted by Crippen LogP contribution is -2.37. The number of rotatable bonds is 2. The van der Waals surface area contributed by atoms with Crippen molar-refractivity contribution in [1.29, 1.82) is 0 Å². The van der Waals surface area contributed by atoms with E-state index in [1.54, 1.807) is 6.20 Å². The number of aromatic nitrogens is 1. The molecule has 104 valence electrons. The third-order valence-electron chi connectivity index (χ3n) is 4.38. The highest BCUT2D eigenvalue weighted by atomic mass is 16.3. The van der Waals surface area contributed by atoms with E-state index in [0.29, 0.717) is 5.82 Å². The lowest BCUT2D eigenvalue weighted by molar-refractivity contribution is -0.0219. The van der Waals surface area contributed by atoms with Gasteiger partial charge in [0.25, 0.3) is 0 Å². The summed E-state index contributed by atoms with van der Waals surface area (Å²) in [5.74, 6) is 0.529. The summed E-state index contributed by atoms with van der Waals surface area (Å²) >= 11 is 0. The maximum Gasteiger partial charge on any atom is 0.129 e. The van der Waals surface area contributed by atoms with Crippen molar-refractivity contribution in [3.05, 3.63) is 59.8 Å². The van der Waals surface area contributed by atoms with E-state index in [2.05, 4.69) is 17.1 Å². The minimum absolute atomic E-state index is 0.0870. The van der Waals surface area contributed by atoms with Gasteiger partial charge in [0, 0.05) is 17.7 Å². The first-order valence-corrected chi connectivity index (χ1v) is 7.20. The molecule has 20 heavy (non-hydrogen) atoms. The Kier molecular flexibility index (Phi) is 3.45. The van der Waals surface area contributed by atoms with Gasteiger partial charge in [0.15, 0.2) is 0 Å². The van der Waals surface area contributed by atoms with Gasteiger partial charge in [-0.25, -0.2) is 4.98 Å². The van der Waals surface area contributed by atoms with Gasteiger partial charge in [-0.05, 0) is 24.5 Å². The molecule has 2 aromatic rings. The van der Waals surface area contributed by atoms with Gasteiger partial charge >= 0.3 is 0 Å². The number of hydrogen-bond acceptors (Lipinski definition) is 3. The molecule has 1 heterocycles. The fraction of sp³-hybridized carbons (Fsp3) is 0.353. The van der Waals surface area contributed by atoms with Crippen LogP contribution in [-0.4, -0.2) is 10.1 Å². The molecule has 1 fully saturated rings. The zero-order chi connectivity index (χ0) is 14.0. The van der Waals surface area contributed by atoms with Crippen molar-refractivity contribution in [2.75, 3.05) is 5.73 Å². The quantitative estimate of drug-likeness (QED) is 0.879. The Morgan fingerprint density at radius 3 is 2.65 bits per heavy atom. The van der Waals surface area contributed by atoms with Crippen molar-refractivity contribution >= 4 is 5.82 Å². The van der Waals surface area contributed by atoms with Crippen LogP contribution in [0, 0.1) is 0 Å². The maximum atomic E-state index is 11.3. The number of hydrogen-bond donors (Lipinski definition) is 2. The van der Waals surface area contributed by atoms with Gasteiger partial charge in [-0.3, -0.25) is 0 Å². The second kappa shape index (κ2) is 5.25. The number of aliphatic hydroxyl groups is 1. The topological polar surface area (TPSA) is 59.1 Å². The van der Waals surface area contributed by atoms with E-state index < -0.39 is 5.60 Å². The molecule has 0 spiro atoms. The van der Waals surface area contributed by atoms with E-state index in [4.69, 9.17) is 5.73 Å². The first kappa shape index (κ1) is 13.1. The fourth-order valence-electron chi connectivity index (χ4n) is 3.39. The van der Waals surface area contributed by atoms with Crippen LogP contribution in [0.3, 0.4) is 0 Å². The Morgan fingerprint density at radius 2 is 1.90 bits per heavy atom. The summed E-state index contributed by atoms with van der Waals surface area (Å²) in [6.07, 6.45) is 5.55. The number of nitrogens with two attached hydrogens (primary N) is 1. The SMILES string of the molecule is Nc1ncccc1C1(O)CCCCC1c1ccccc1. The molecule has 3 rings (SSSR count). The minimum atomic E-state index is -0.905. The molecule has 3 heteroatoms. The molecule has 0 aliphatic heterocycles. The zero-order valence-corrected chi connectivity index (χ0v) is 11.5. The van der Waals surface area contributed by atoms with Crippen LogP contribution in [0.25, 0.3) is 0 Å². The second-order valence-electron chi connectivity index (χ2n) is 5.57. The number of nitrogen functional groups attached to an aromatic ring is 1. The van der Waals surface area contributed by atoms with Crippen LogP contribution in [-0.2, 0) is 5.60 Å². The molecule has 2 atom stereocenters. The molecule has 3 nitrogen and oxygen atoms in total. The molecular weight excluding hydrogens is 248 g/mol. The van der Waals surface area contributed by atoms with Gasteiger partial charge in [-0.1, -0.05) is 49.2 Å². The Labute approximate surface area is 119 Å². The number of anilines is 1. The minimum Gasteiger partial charge on any atom is -0.384 e. The van der Waals surface area contributed by atoms with Crippen LogP contribution >= 0.6 is 0 Å². The molecule has 1 aromatic heterocycles. The lowest BCUT2D eigenvalue weighted by Gasteiger charge is -2.41.